The molecule has 3 rings (SSSR count). The van der Waals surface area contributed by atoms with E-state index in [4.69, 9.17) is 0 Å². The van der Waals surface area contributed by atoms with Gasteiger partial charge < -0.3 is 10.2 Å². The van der Waals surface area contributed by atoms with Gasteiger partial charge in [0.2, 0.25) is 0 Å². The molecular formula is C17H23N5O. The van der Waals surface area contributed by atoms with Crippen LogP contribution in [0.4, 0.5) is 11.5 Å². The molecule has 2 aromatic rings. The normalized spacial score (nSPS) is 18.0. The zero-order valence-corrected chi connectivity index (χ0v) is 13.9. The van der Waals surface area contributed by atoms with Crippen LogP contribution in [-0.4, -0.2) is 33.3 Å². The van der Waals surface area contributed by atoms with Gasteiger partial charge in [0.1, 0.15) is 5.82 Å². The molecule has 0 unspecified atom stereocenters. The summed E-state index contributed by atoms with van der Waals surface area (Å²) in [4.78, 5) is 19.1. The first-order chi connectivity index (χ1) is 11.0. The molecule has 6 nitrogen and oxygen atoms in total. The number of piperidine rings is 1. The van der Waals surface area contributed by atoms with Crippen LogP contribution in [0.25, 0.3) is 0 Å². The number of hydrogen-bond donors (Lipinski definition) is 1. The molecule has 1 N–H and O–H groups in total. The fourth-order valence-electron chi connectivity index (χ4n) is 3.09. The third-order valence-electron chi connectivity index (χ3n) is 4.35. The van der Waals surface area contributed by atoms with Crippen LogP contribution in [-0.2, 0) is 7.05 Å². The number of nitrogens with one attached hydrogen (secondary N) is 1. The Labute approximate surface area is 136 Å². The zero-order chi connectivity index (χ0) is 16.4. The van der Waals surface area contributed by atoms with Crippen LogP contribution >= 0.6 is 0 Å². The number of aromatic nitrogens is 3. The fourth-order valence-corrected chi connectivity index (χ4v) is 3.09. The molecule has 0 saturated carbocycles. The summed E-state index contributed by atoms with van der Waals surface area (Å²) in [6.07, 6.45) is 8.69. The Morgan fingerprint density at radius 1 is 1.35 bits per heavy atom. The van der Waals surface area contributed by atoms with E-state index in [0.29, 0.717) is 17.3 Å². The molecule has 1 atom stereocenters. The summed E-state index contributed by atoms with van der Waals surface area (Å²) >= 11 is 0. The van der Waals surface area contributed by atoms with Gasteiger partial charge in [-0.15, -0.1) is 0 Å². The maximum atomic E-state index is 12.2. The van der Waals surface area contributed by atoms with Gasteiger partial charge >= 0.3 is 0 Å². The number of rotatable bonds is 3. The second-order valence-corrected chi connectivity index (χ2v) is 6.26. The molecule has 0 aliphatic carbocycles. The number of carbonyl (C=O) groups excluding carboxylic acids is 1. The highest BCUT2D eigenvalue weighted by Crippen LogP contribution is 2.27. The minimum Gasteiger partial charge on any atom is -0.354 e. The van der Waals surface area contributed by atoms with Crippen molar-refractivity contribution in [2.45, 2.75) is 39.2 Å². The largest absolute Gasteiger partial charge is 0.354 e. The molecule has 1 fully saturated rings. The van der Waals surface area contributed by atoms with Crippen molar-refractivity contribution in [3.05, 3.63) is 35.8 Å². The molecule has 0 radical (unpaired) electrons. The first-order valence-electron chi connectivity index (χ1n) is 8.08. The lowest BCUT2D eigenvalue weighted by Gasteiger charge is -2.35. The minimum absolute atomic E-state index is 0.168. The first-order valence-corrected chi connectivity index (χ1v) is 8.08. The summed E-state index contributed by atoms with van der Waals surface area (Å²) in [7, 11) is 1.79. The van der Waals surface area contributed by atoms with E-state index in [0.717, 1.165) is 17.9 Å². The molecule has 1 saturated heterocycles. The Balaban J connectivity index is 1.75. The maximum absolute atomic E-state index is 12.2. The minimum atomic E-state index is -0.168. The van der Waals surface area contributed by atoms with E-state index >= 15 is 0 Å². The third-order valence-corrected chi connectivity index (χ3v) is 4.35. The van der Waals surface area contributed by atoms with Gasteiger partial charge in [-0.1, -0.05) is 0 Å². The number of hydrogen-bond acceptors (Lipinski definition) is 4. The maximum Gasteiger partial charge on any atom is 0.258 e. The standard InChI is InChI=1S/C17H23N5O/c1-12-8-15(20-17(23)14-9-19-21(3)11-14)10-18-16(12)22-7-5-4-6-13(22)2/h8-11,13H,4-7H2,1-3H3,(H,20,23)/t13-/m1/s1. The van der Waals surface area contributed by atoms with Gasteiger partial charge in [-0.05, 0) is 44.7 Å². The van der Waals surface area contributed by atoms with E-state index in [1.54, 1.807) is 30.3 Å². The lowest BCUT2D eigenvalue weighted by atomic mass is 10.0. The van der Waals surface area contributed by atoms with Crippen molar-refractivity contribution in [2.24, 2.45) is 7.05 Å². The second kappa shape index (κ2) is 6.40. The lowest BCUT2D eigenvalue weighted by molar-refractivity contribution is 0.102. The van der Waals surface area contributed by atoms with Crippen molar-refractivity contribution in [3.63, 3.8) is 0 Å². The number of pyridine rings is 1. The number of carbonyl (C=O) groups is 1. The van der Waals surface area contributed by atoms with E-state index < -0.39 is 0 Å². The highest BCUT2D eigenvalue weighted by molar-refractivity contribution is 6.03. The number of nitrogens with zero attached hydrogens (tertiary/aromatic N) is 4. The van der Waals surface area contributed by atoms with Gasteiger partial charge in [0.15, 0.2) is 0 Å². The van der Waals surface area contributed by atoms with Crippen LogP contribution in [0.15, 0.2) is 24.7 Å². The molecule has 0 spiro atoms. The molecule has 0 aromatic carbocycles. The Morgan fingerprint density at radius 2 is 2.17 bits per heavy atom. The summed E-state index contributed by atoms with van der Waals surface area (Å²) in [5.41, 5.74) is 2.34. The summed E-state index contributed by atoms with van der Waals surface area (Å²) in [5, 5.41) is 6.89. The molecule has 0 bridgehead atoms. The van der Waals surface area contributed by atoms with E-state index in [1.807, 2.05) is 13.0 Å². The van der Waals surface area contributed by atoms with Gasteiger partial charge in [-0.2, -0.15) is 5.10 Å². The Morgan fingerprint density at radius 3 is 2.83 bits per heavy atom. The predicted octanol–water partition coefficient (Wildman–Crippen LogP) is 2.75. The molecule has 122 valence electrons. The van der Waals surface area contributed by atoms with Crippen LogP contribution in [0, 0.1) is 6.92 Å². The Hall–Kier alpha value is -2.37. The van der Waals surface area contributed by atoms with E-state index in [2.05, 4.69) is 27.2 Å². The molecule has 2 aromatic heterocycles. The average Bonchev–Trinajstić information content (AvgIpc) is 2.95. The molecular weight excluding hydrogens is 290 g/mol. The van der Waals surface area contributed by atoms with Gasteiger partial charge in [-0.25, -0.2) is 4.98 Å². The first kappa shape index (κ1) is 15.5. The molecule has 1 aliphatic rings. The van der Waals surface area contributed by atoms with Crippen molar-refractivity contribution < 1.29 is 4.79 Å². The van der Waals surface area contributed by atoms with Crippen molar-refractivity contribution in [2.75, 3.05) is 16.8 Å². The van der Waals surface area contributed by atoms with E-state index in [-0.39, 0.29) is 5.91 Å². The van der Waals surface area contributed by atoms with Gasteiger partial charge in [0.25, 0.3) is 5.91 Å². The quantitative estimate of drug-likeness (QED) is 0.946. The third kappa shape index (κ3) is 3.36. The number of anilines is 2. The summed E-state index contributed by atoms with van der Waals surface area (Å²) < 4.78 is 1.61. The van der Waals surface area contributed by atoms with Gasteiger partial charge in [0, 0.05) is 25.8 Å². The van der Waals surface area contributed by atoms with Gasteiger partial charge in [-0.3, -0.25) is 9.48 Å². The SMILES string of the molecule is Cc1cc(NC(=O)c2cnn(C)c2)cnc1N1CCCC[C@H]1C. The fraction of sp³-hybridized carbons (Fsp3) is 0.471. The Bertz CT molecular complexity index is 709. The van der Waals surface area contributed by atoms with E-state index in [9.17, 15) is 4.79 Å². The Kier molecular flexibility index (Phi) is 4.32. The van der Waals surface area contributed by atoms with Crippen molar-refractivity contribution in [3.8, 4) is 0 Å². The highest BCUT2D eigenvalue weighted by Gasteiger charge is 2.21. The average molecular weight is 313 g/mol. The number of aryl methyl sites for hydroxylation is 2. The monoisotopic (exact) mass is 313 g/mol. The van der Waals surface area contributed by atoms with Crippen molar-refractivity contribution in [1.82, 2.24) is 14.8 Å². The van der Waals surface area contributed by atoms with Crippen LogP contribution in [0.3, 0.4) is 0 Å². The zero-order valence-electron chi connectivity index (χ0n) is 13.9. The molecule has 3 heterocycles. The van der Waals surface area contributed by atoms with Crippen LogP contribution in [0.5, 0.6) is 0 Å². The second-order valence-electron chi connectivity index (χ2n) is 6.26. The molecule has 1 amide bonds. The molecule has 23 heavy (non-hydrogen) atoms. The van der Waals surface area contributed by atoms with Crippen molar-refractivity contribution in [1.29, 1.82) is 0 Å². The topological polar surface area (TPSA) is 63.1 Å². The van der Waals surface area contributed by atoms with Crippen LogP contribution in [0.1, 0.15) is 42.1 Å². The summed E-state index contributed by atoms with van der Waals surface area (Å²) in [5.74, 6) is 0.856. The van der Waals surface area contributed by atoms with Crippen LogP contribution in [0.2, 0.25) is 0 Å². The van der Waals surface area contributed by atoms with Crippen LogP contribution < -0.4 is 10.2 Å². The summed E-state index contributed by atoms with van der Waals surface area (Å²) in [6, 6.07) is 2.50. The van der Waals surface area contributed by atoms with Gasteiger partial charge in [0.05, 0.1) is 23.6 Å². The molecule has 1 aliphatic heterocycles. The lowest BCUT2D eigenvalue weighted by Crippen LogP contribution is -2.38. The van der Waals surface area contributed by atoms with E-state index in [1.165, 1.54) is 19.3 Å². The number of amides is 1. The highest BCUT2D eigenvalue weighted by atomic mass is 16.1. The smallest absolute Gasteiger partial charge is 0.258 e. The predicted molar refractivity (Wildman–Crippen MR) is 90.8 cm³/mol. The summed E-state index contributed by atoms with van der Waals surface area (Å²) in [6.45, 7) is 5.35. The van der Waals surface area contributed by atoms with Crippen molar-refractivity contribution >= 4 is 17.4 Å². The molecule has 6 heteroatoms.